The van der Waals surface area contributed by atoms with E-state index in [1.54, 1.807) is 6.20 Å². The van der Waals surface area contributed by atoms with E-state index in [0.717, 1.165) is 11.4 Å². The summed E-state index contributed by atoms with van der Waals surface area (Å²) < 4.78 is 1.92. The van der Waals surface area contributed by atoms with Crippen LogP contribution in [0.2, 0.25) is 0 Å². The van der Waals surface area contributed by atoms with Crippen molar-refractivity contribution in [2.45, 2.75) is 18.9 Å². The average Bonchev–Trinajstić information content (AvgIpc) is 3.04. The summed E-state index contributed by atoms with van der Waals surface area (Å²) in [5, 5.41) is 4.42. The lowest BCUT2D eigenvalue weighted by atomic mass is 9.92. The SMILES string of the molecule is CC(c1ccccc1)C(N)c1ccnn1-c1ccccc1. The van der Waals surface area contributed by atoms with Crippen LogP contribution in [0.4, 0.5) is 0 Å². The first-order chi connectivity index (χ1) is 10.3. The van der Waals surface area contributed by atoms with Gasteiger partial charge in [0.05, 0.1) is 17.4 Å². The summed E-state index contributed by atoms with van der Waals surface area (Å²) in [5.74, 6) is 0.227. The van der Waals surface area contributed by atoms with E-state index in [4.69, 9.17) is 5.73 Å². The molecule has 1 heterocycles. The molecule has 0 radical (unpaired) electrons. The fourth-order valence-corrected chi connectivity index (χ4v) is 2.57. The molecule has 3 nitrogen and oxygen atoms in total. The van der Waals surface area contributed by atoms with E-state index in [0.29, 0.717) is 0 Å². The zero-order valence-corrected chi connectivity index (χ0v) is 12.1. The molecule has 2 N–H and O–H groups in total. The first kappa shape index (κ1) is 13.6. The Hall–Kier alpha value is -2.39. The van der Waals surface area contributed by atoms with Gasteiger partial charge in [-0.15, -0.1) is 0 Å². The van der Waals surface area contributed by atoms with Gasteiger partial charge in [-0.2, -0.15) is 5.10 Å². The highest BCUT2D eigenvalue weighted by Crippen LogP contribution is 2.29. The highest BCUT2D eigenvalue weighted by Gasteiger charge is 2.20. The van der Waals surface area contributed by atoms with Gasteiger partial charge in [-0.1, -0.05) is 55.5 Å². The summed E-state index contributed by atoms with van der Waals surface area (Å²) in [5.41, 5.74) is 9.79. The zero-order chi connectivity index (χ0) is 14.7. The zero-order valence-electron chi connectivity index (χ0n) is 12.1. The Labute approximate surface area is 125 Å². The Morgan fingerprint density at radius 3 is 2.19 bits per heavy atom. The minimum absolute atomic E-state index is 0.102. The van der Waals surface area contributed by atoms with Crippen LogP contribution in [0.15, 0.2) is 72.9 Å². The lowest BCUT2D eigenvalue weighted by Gasteiger charge is -2.21. The molecule has 2 atom stereocenters. The smallest absolute Gasteiger partial charge is 0.0649 e. The summed E-state index contributed by atoms with van der Waals surface area (Å²) in [6, 6.07) is 22.3. The number of hydrogen-bond donors (Lipinski definition) is 1. The predicted octanol–water partition coefficient (Wildman–Crippen LogP) is 3.68. The van der Waals surface area contributed by atoms with Gasteiger partial charge in [-0.05, 0) is 23.8 Å². The molecule has 3 rings (SSSR count). The highest BCUT2D eigenvalue weighted by atomic mass is 15.3. The van der Waals surface area contributed by atoms with Gasteiger partial charge in [-0.25, -0.2) is 4.68 Å². The molecular formula is C18H19N3. The molecule has 0 aliphatic heterocycles. The topological polar surface area (TPSA) is 43.8 Å². The van der Waals surface area contributed by atoms with Crippen LogP contribution < -0.4 is 5.73 Å². The van der Waals surface area contributed by atoms with Crippen molar-refractivity contribution in [2.75, 3.05) is 0 Å². The van der Waals surface area contributed by atoms with E-state index in [9.17, 15) is 0 Å². The molecule has 0 aliphatic rings. The molecule has 0 amide bonds. The Balaban J connectivity index is 1.93. The Morgan fingerprint density at radius 2 is 1.52 bits per heavy atom. The maximum atomic E-state index is 6.49. The second kappa shape index (κ2) is 5.94. The average molecular weight is 277 g/mol. The largest absolute Gasteiger partial charge is 0.322 e. The molecule has 21 heavy (non-hydrogen) atoms. The van der Waals surface area contributed by atoms with Crippen LogP contribution in [0, 0.1) is 0 Å². The lowest BCUT2D eigenvalue weighted by Crippen LogP contribution is -2.21. The molecule has 3 heteroatoms. The van der Waals surface area contributed by atoms with E-state index in [-0.39, 0.29) is 12.0 Å². The molecule has 1 aromatic heterocycles. The van der Waals surface area contributed by atoms with Gasteiger partial charge in [0.2, 0.25) is 0 Å². The van der Waals surface area contributed by atoms with Crippen LogP contribution in [0.25, 0.3) is 5.69 Å². The summed E-state index contributed by atoms with van der Waals surface area (Å²) >= 11 is 0. The Bertz CT molecular complexity index is 689. The van der Waals surface area contributed by atoms with E-state index < -0.39 is 0 Å². The second-order valence-electron chi connectivity index (χ2n) is 5.23. The molecule has 0 saturated carbocycles. The van der Waals surface area contributed by atoms with Crippen molar-refractivity contribution < 1.29 is 0 Å². The number of nitrogens with two attached hydrogens (primary N) is 1. The number of para-hydroxylation sites is 1. The van der Waals surface area contributed by atoms with Crippen LogP contribution in [-0.2, 0) is 0 Å². The van der Waals surface area contributed by atoms with Crippen LogP contribution in [-0.4, -0.2) is 9.78 Å². The molecule has 3 aromatic rings. The maximum Gasteiger partial charge on any atom is 0.0649 e. The Morgan fingerprint density at radius 1 is 0.905 bits per heavy atom. The predicted molar refractivity (Wildman–Crippen MR) is 85.3 cm³/mol. The second-order valence-corrected chi connectivity index (χ2v) is 5.23. The molecule has 0 aliphatic carbocycles. The first-order valence-corrected chi connectivity index (χ1v) is 7.17. The fourth-order valence-electron chi connectivity index (χ4n) is 2.57. The third-order valence-electron chi connectivity index (χ3n) is 3.88. The quantitative estimate of drug-likeness (QED) is 0.790. The molecule has 0 fully saturated rings. The van der Waals surface area contributed by atoms with Gasteiger partial charge in [0.15, 0.2) is 0 Å². The molecule has 106 valence electrons. The minimum atomic E-state index is -0.102. The summed E-state index contributed by atoms with van der Waals surface area (Å²) in [4.78, 5) is 0. The van der Waals surface area contributed by atoms with Crippen LogP contribution >= 0.6 is 0 Å². The maximum absolute atomic E-state index is 6.49. The standard InChI is InChI=1S/C18H19N3/c1-14(15-8-4-2-5-9-15)18(19)17-12-13-20-21(17)16-10-6-3-7-11-16/h2-14,18H,19H2,1H3. The van der Waals surface area contributed by atoms with E-state index >= 15 is 0 Å². The fraction of sp³-hybridized carbons (Fsp3) is 0.167. The van der Waals surface area contributed by atoms with Crippen LogP contribution in [0.3, 0.4) is 0 Å². The van der Waals surface area contributed by atoms with Crippen molar-refractivity contribution >= 4 is 0 Å². The molecule has 2 unspecified atom stereocenters. The Kier molecular flexibility index (Phi) is 3.84. The van der Waals surface area contributed by atoms with Gasteiger partial charge in [0.1, 0.15) is 0 Å². The van der Waals surface area contributed by atoms with Gasteiger partial charge < -0.3 is 5.73 Å². The van der Waals surface area contributed by atoms with Crippen molar-refractivity contribution in [3.63, 3.8) is 0 Å². The number of nitrogens with zero attached hydrogens (tertiary/aromatic N) is 2. The first-order valence-electron chi connectivity index (χ1n) is 7.17. The lowest BCUT2D eigenvalue weighted by molar-refractivity contribution is 0.563. The summed E-state index contributed by atoms with van der Waals surface area (Å²) in [7, 11) is 0. The number of benzene rings is 2. The van der Waals surface area contributed by atoms with Crippen LogP contribution in [0.1, 0.15) is 30.1 Å². The molecule has 0 bridgehead atoms. The monoisotopic (exact) mass is 277 g/mol. The van der Waals surface area contributed by atoms with E-state index in [1.165, 1.54) is 5.56 Å². The van der Waals surface area contributed by atoms with Crippen molar-refractivity contribution in [3.05, 3.63) is 84.2 Å². The number of rotatable bonds is 4. The third kappa shape index (κ3) is 2.73. The van der Waals surface area contributed by atoms with E-state index in [1.807, 2.05) is 59.3 Å². The molecule has 0 saturated heterocycles. The number of aromatic nitrogens is 2. The minimum Gasteiger partial charge on any atom is -0.322 e. The number of hydrogen-bond acceptors (Lipinski definition) is 2. The van der Waals surface area contributed by atoms with Crippen molar-refractivity contribution in [1.29, 1.82) is 0 Å². The molecule has 2 aromatic carbocycles. The van der Waals surface area contributed by atoms with Crippen molar-refractivity contribution in [2.24, 2.45) is 5.73 Å². The summed E-state index contributed by atoms with van der Waals surface area (Å²) in [6.45, 7) is 2.16. The van der Waals surface area contributed by atoms with Gasteiger partial charge in [-0.3, -0.25) is 0 Å². The van der Waals surface area contributed by atoms with Crippen molar-refractivity contribution in [1.82, 2.24) is 9.78 Å². The van der Waals surface area contributed by atoms with Crippen molar-refractivity contribution in [3.8, 4) is 5.69 Å². The third-order valence-corrected chi connectivity index (χ3v) is 3.88. The summed E-state index contributed by atoms with van der Waals surface area (Å²) in [6.07, 6.45) is 1.81. The van der Waals surface area contributed by atoms with Crippen LogP contribution in [0.5, 0.6) is 0 Å². The van der Waals surface area contributed by atoms with Gasteiger partial charge in [0, 0.05) is 12.1 Å². The van der Waals surface area contributed by atoms with Gasteiger partial charge in [0.25, 0.3) is 0 Å². The van der Waals surface area contributed by atoms with E-state index in [2.05, 4.69) is 24.2 Å². The molecule has 0 spiro atoms. The molecular weight excluding hydrogens is 258 g/mol. The highest BCUT2D eigenvalue weighted by molar-refractivity contribution is 5.34. The van der Waals surface area contributed by atoms with Gasteiger partial charge >= 0.3 is 0 Å². The normalized spacial score (nSPS) is 13.8.